The van der Waals surface area contributed by atoms with Gasteiger partial charge in [0.15, 0.2) is 39.9 Å². The summed E-state index contributed by atoms with van der Waals surface area (Å²) in [7, 11) is 10.2. The van der Waals surface area contributed by atoms with Gasteiger partial charge in [0, 0.05) is 172 Å². The first-order valence-electron chi connectivity index (χ1n) is 58.6. The van der Waals surface area contributed by atoms with Crippen molar-refractivity contribution in [3.05, 3.63) is 344 Å². The van der Waals surface area contributed by atoms with Crippen molar-refractivity contribution in [1.29, 1.82) is 0 Å². The van der Waals surface area contributed by atoms with E-state index in [1.165, 1.54) is 93.2 Å². The van der Waals surface area contributed by atoms with Crippen LogP contribution in [0.5, 0.6) is 0 Å². The smallest absolute Gasteiger partial charge is 0.232 e. The molecule has 22 aromatic rings. The van der Waals surface area contributed by atoms with Crippen LogP contribution in [-0.2, 0) is 89.4 Å². The van der Waals surface area contributed by atoms with Gasteiger partial charge in [0.2, 0.25) is 0 Å². The van der Waals surface area contributed by atoms with E-state index in [0.29, 0.717) is 22.2 Å². The number of hydrogen-bond acceptors (Lipinski definition) is 0. The Morgan fingerprint density at radius 1 is 0.214 bits per heavy atom. The van der Waals surface area contributed by atoms with Crippen LogP contribution in [-0.4, -0.2) is 22.0 Å². The van der Waals surface area contributed by atoms with Gasteiger partial charge in [-0.15, -0.1) is 0 Å². The lowest BCUT2D eigenvalue weighted by Crippen LogP contribution is -2.44. The van der Waals surface area contributed by atoms with Crippen molar-refractivity contribution in [2.24, 2.45) is 35.2 Å². The number of para-hydroxylation sites is 2. The Bertz CT molecular complexity index is 10100. The molecule has 0 saturated carbocycles. The maximum atomic E-state index is 8.86. The number of imidazole rings is 5. The first-order chi connectivity index (χ1) is 73.5. The summed E-state index contributed by atoms with van der Waals surface area (Å²) in [6, 6.07) is 76.8. The predicted molar refractivity (Wildman–Crippen MR) is 621 cm³/mol. The van der Waals surface area contributed by atoms with Gasteiger partial charge in [-0.25, -0.2) is 22.8 Å². The van der Waals surface area contributed by atoms with E-state index >= 15 is 0 Å². The molecule has 10 heteroatoms. The monoisotopic (exact) mass is 1940 g/mol. The molecule has 12 aromatic carbocycles. The molecule has 0 N–H and O–H groups in total. The second-order valence-corrected chi connectivity index (χ2v) is 45.5. The minimum Gasteiger partial charge on any atom is -0.232 e. The molecule has 10 nitrogen and oxygen atoms in total. The topological polar surface area (TPSA) is 41.4 Å². The first kappa shape index (κ1) is 81.0. The molecular formula is C135H159N10+5. The van der Waals surface area contributed by atoms with Gasteiger partial charge in [0.1, 0.15) is 46.2 Å². The van der Waals surface area contributed by atoms with E-state index in [1.807, 2.05) is 152 Å². The number of nitrogens with zero attached hydrogens (tertiary/aromatic N) is 10. The van der Waals surface area contributed by atoms with Crippen molar-refractivity contribution in [2.75, 3.05) is 0 Å². The van der Waals surface area contributed by atoms with Crippen molar-refractivity contribution < 1.29 is 47.5 Å². The first-order valence-corrected chi connectivity index (χ1v) is 49.6. The van der Waals surface area contributed by atoms with Crippen molar-refractivity contribution in [3.63, 3.8) is 0 Å². The summed E-state index contributed by atoms with van der Waals surface area (Å²) >= 11 is 0. The quantitative estimate of drug-likeness (QED) is 0.122. The molecule has 0 spiro atoms. The van der Waals surface area contributed by atoms with Crippen molar-refractivity contribution in [3.8, 4) is 22.5 Å². The third-order valence-corrected chi connectivity index (χ3v) is 36.4. The number of pyridine rings is 5. The predicted octanol–water partition coefficient (Wildman–Crippen LogP) is 32.2. The zero-order chi connectivity index (χ0) is 114. The van der Waals surface area contributed by atoms with E-state index in [-0.39, 0.29) is 48.0 Å². The minimum absolute atomic E-state index is 0. The highest BCUT2D eigenvalue weighted by Gasteiger charge is 2.58. The molecule has 15 heterocycles. The molecule has 0 saturated heterocycles. The molecule has 145 heavy (non-hydrogen) atoms. The van der Waals surface area contributed by atoms with Crippen LogP contribution >= 0.6 is 0 Å². The van der Waals surface area contributed by atoms with Crippen LogP contribution < -0.4 is 22.8 Å². The van der Waals surface area contributed by atoms with Crippen LogP contribution in [0.3, 0.4) is 0 Å². The van der Waals surface area contributed by atoms with E-state index in [4.69, 9.17) is 24.7 Å². The lowest BCUT2D eigenvalue weighted by molar-refractivity contribution is -0.644. The van der Waals surface area contributed by atoms with Gasteiger partial charge in [-0.1, -0.05) is 400 Å². The average Bonchev–Trinajstić information content (AvgIpc) is 1.53. The molecule has 4 unspecified atom stereocenters. The Kier molecular flexibility index (Phi) is 18.5. The third-order valence-electron chi connectivity index (χ3n) is 36.4. The van der Waals surface area contributed by atoms with Crippen LogP contribution in [0.4, 0.5) is 0 Å². The Hall–Kier alpha value is -13.3. The van der Waals surface area contributed by atoms with Crippen molar-refractivity contribution in [1.82, 2.24) is 22.0 Å². The van der Waals surface area contributed by atoms with Gasteiger partial charge in [0.05, 0.1) is 62.2 Å². The van der Waals surface area contributed by atoms with Crippen LogP contribution in [0.15, 0.2) is 243 Å². The highest BCUT2D eigenvalue weighted by atomic mass is 15.2. The molecule has 5 aliphatic rings. The van der Waals surface area contributed by atoms with Crippen LogP contribution in [0.25, 0.3) is 159 Å². The van der Waals surface area contributed by atoms with E-state index in [1.54, 1.807) is 6.07 Å². The maximum Gasteiger partial charge on any atom is 0.295 e. The van der Waals surface area contributed by atoms with Crippen molar-refractivity contribution >= 4 is 137 Å². The van der Waals surface area contributed by atoms with Crippen LogP contribution in [0.2, 0.25) is 0 Å². The van der Waals surface area contributed by atoms with Gasteiger partial charge in [0.25, 0.3) is 28.2 Å². The Balaban J connectivity index is 0.000000130. The van der Waals surface area contributed by atoms with Gasteiger partial charge in [-0.2, -0.15) is 22.0 Å². The number of fused-ring (bicyclic) bond motifs is 15. The van der Waals surface area contributed by atoms with Crippen LogP contribution in [0.1, 0.15) is 301 Å². The van der Waals surface area contributed by atoms with Crippen LogP contribution in [0, 0.1) is 55.2 Å². The fraction of sp³-hybridized carbons (Fsp3) is 0.356. The summed E-state index contributed by atoms with van der Waals surface area (Å²) in [5, 5.41) is 16.3. The summed E-state index contributed by atoms with van der Waals surface area (Å²) in [6.45, 7) is 32.7. The maximum absolute atomic E-state index is 8.86. The SMILES string of the molecule is C.C.C.C.C.[2H]C([2H])([2H])C1(C)c2c(-c3ccccc3)[n+](C)c3c4c(C)cccc4c4cccc(c4n23)C1(C)C.[2H]C([2H])([2H])C1(C)c2c[n+](C)c3c4c(C)cccc4c4c(C)ccc(c4n23)C1(C)C.[2H]C([2H])([2H])C1(C)c2c[n+](C)c3c4c(C)cccc4c4cccc(c4n23)C1(C)C.[2H]C([2H])([2H])c1ccc2c3c1c1cccc(C)c1c1n3c(c(-c3ccccc3)[n+]1C)C(C)(C)C2(C)C.[2H]C([2H])([2H])c1ccc2c3c1c1cccc(C)c1c1n3c(c[n+]1C)C(C)(C([2H])([2H])[2H])C2(C)C. The summed E-state index contributed by atoms with van der Waals surface area (Å²) < 4.78 is 175. The molecule has 10 aromatic heterocycles. The molecule has 0 fully saturated rings. The summed E-state index contributed by atoms with van der Waals surface area (Å²) in [4.78, 5) is 0. The molecular weight excluding hydrogens is 1760 g/mol. The van der Waals surface area contributed by atoms with E-state index in [0.717, 1.165) is 144 Å². The van der Waals surface area contributed by atoms with Crippen molar-refractivity contribution in [2.45, 2.75) is 285 Å². The zero-order valence-electron chi connectivity index (χ0n) is 104. The summed E-state index contributed by atoms with van der Waals surface area (Å²) in [5.41, 5.74) is 25.0. The Morgan fingerprint density at radius 3 is 0.814 bits per heavy atom. The van der Waals surface area contributed by atoms with Gasteiger partial charge >= 0.3 is 0 Å². The number of benzene rings is 12. The molecule has 4 atom stereocenters. The normalized spacial score (nSPS) is 21.6. The lowest BCUT2D eigenvalue weighted by atomic mass is 9.60. The van der Waals surface area contributed by atoms with E-state index in [2.05, 4.69) is 318 Å². The highest BCUT2D eigenvalue weighted by molar-refractivity contribution is 6.20. The van der Waals surface area contributed by atoms with E-state index in [9.17, 15) is 0 Å². The molecule has 27 rings (SSSR count). The molecule has 744 valence electrons. The Labute approximate surface area is 887 Å². The number of rotatable bonds is 2. The van der Waals surface area contributed by atoms with Gasteiger partial charge in [-0.05, 0) is 99.8 Å². The summed E-state index contributed by atoms with van der Waals surface area (Å²) in [5.74, 6) is 0. The molecule has 0 radical (unpaired) electrons. The second kappa shape index (κ2) is 33.1. The second-order valence-electron chi connectivity index (χ2n) is 45.5. The molecule has 5 aliphatic heterocycles. The third kappa shape index (κ3) is 12.7. The highest BCUT2D eigenvalue weighted by Crippen LogP contribution is 2.60. The molecule has 0 bridgehead atoms. The number of hydrogen-bond donors (Lipinski definition) is 0. The summed E-state index contributed by atoms with van der Waals surface area (Å²) in [6.07, 6.45) is 5.99. The van der Waals surface area contributed by atoms with Gasteiger partial charge < -0.3 is 0 Å². The Morgan fingerprint density at radius 2 is 0.462 bits per heavy atom. The standard InChI is InChI=1S/C30H31N2.C29H29N2.2C24H27N2.C23H25N2.5CH4/c1-18-12-11-15-21-23-19(2)16-17-22-26(23)32-27(30(5,6)29(22,3)4)25(20-13-9-8-10-14-20)31(7)28(32)24(18)21;1-18-12-10-15-20-21-16-11-17-22-25(21)31-26(29(4,5)28(22,2)3)24(19-13-8-7-9-14-19)30(6)27(31)23(18)20;2*1-14-9-8-10-16-19-15(2)11-12-17-21(19)26-18(24(5,6)23(17,3)4)13-25(7)22(26)20(14)16;1-14-9-7-10-15-16-11-8-12-17-20(16)25-18(23(4,5)22(17,2)3)13-24(6)21(25)19(14)15;;;;;/h8-17H,1-7H3;7-17H,1-6H3;2*8-13H,1-7H3;7-13H,1-6H3;5*1H4/q5*+1;;;;;/i2D3;4D3;2D3,5D3;5D3;4D3;;;;;. The van der Waals surface area contributed by atoms with E-state index < -0.39 is 84.4 Å². The zero-order valence-corrected chi connectivity index (χ0v) is 86.1. The van der Waals surface area contributed by atoms with Gasteiger partial charge in [-0.3, -0.25) is 0 Å². The number of aryl methyl sites for hydroxylation is 13. The number of aromatic nitrogens is 10. The minimum atomic E-state index is -2.30. The average molecular weight is 1940 g/mol. The molecule has 0 amide bonds. The lowest BCUT2D eigenvalue weighted by Gasteiger charge is -2.43. The largest absolute Gasteiger partial charge is 0.295 e. The fourth-order valence-corrected chi connectivity index (χ4v) is 26.3. The molecule has 0 aliphatic carbocycles. The fourth-order valence-electron chi connectivity index (χ4n) is 26.3.